The number of nitrogens with one attached hydrogen (secondary N) is 1. The minimum absolute atomic E-state index is 0.0941. The minimum Gasteiger partial charge on any atom is -0.370 e. The molecule has 126 valence electrons. The van der Waals surface area contributed by atoms with E-state index in [2.05, 4.69) is 27.9 Å². The summed E-state index contributed by atoms with van der Waals surface area (Å²) in [7, 11) is 1.72. The fourth-order valence-corrected chi connectivity index (χ4v) is 3.14. The van der Waals surface area contributed by atoms with E-state index in [1.807, 2.05) is 6.20 Å². The number of carbonyl (C=O) groups is 1. The molecule has 1 fully saturated rings. The van der Waals surface area contributed by atoms with Gasteiger partial charge in [-0.1, -0.05) is 0 Å². The summed E-state index contributed by atoms with van der Waals surface area (Å²) in [5, 5.41) is 11.9. The number of rotatable bonds is 5. The molecule has 0 radical (unpaired) electrons. The molecular formula is C17H21N5O2. The fraction of sp³-hybridized carbons (Fsp3) is 0.471. The van der Waals surface area contributed by atoms with E-state index in [0.29, 0.717) is 24.5 Å². The molecule has 0 aliphatic carbocycles. The average Bonchev–Trinajstić information content (AvgIpc) is 3.30. The molecule has 1 aliphatic heterocycles. The molecule has 0 spiro atoms. The van der Waals surface area contributed by atoms with Crippen molar-refractivity contribution in [2.45, 2.75) is 26.0 Å². The Bertz CT molecular complexity index is 770. The second-order valence-corrected chi connectivity index (χ2v) is 5.90. The molecule has 1 aliphatic rings. The Balaban J connectivity index is 1.66. The number of ether oxygens (including phenoxy) is 1. The van der Waals surface area contributed by atoms with Gasteiger partial charge in [-0.05, 0) is 25.5 Å². The summed E-state index contributed by atoms with van der Waals surface area (Å²) in [6, 6.07) is 5.37. The Kier molecular flexibility index (Phi) is 4.67. The van der Waals surface area contributed by atoms with Gasteiger partial charge in [0.05, 0.1) is 0 Å². The number of hydrogen-bond donors (Lipinski definition) is 1. The lowest BCUT2D eigenvalue weighted by Crippen LogP contribution is -2.32. The van der Waals surface area contributed by atoms with Crippen LogP contribution in [0.1, 0.15) is 41.5 Å². The van der Waals surface area contributed by atoms with Crippen molar-refractivity contribution in [2.24, 2.45) is 13.0 Å². The lowest BCUT2D eigenvalue weighted by molar-refractivity contribution is 0.0772. The number of imidazole rings is 1. The molecule has 7 heteroatoms. The molecule has 0 bridgehead atoms. The monoisotopic (exact) mass is 327 g/mol. The van der Waals surface area contributed by atoms with Crippen LogP contribution in [0.25, 0.3) is 0 Å². The standard InChI is InChI=1S/C17H21N5O2/c1-3-22-8-7-19-16(22)15-12(6-9-24-15)11-20-17(23)14-5-4-13(10-18)21(14)2/h4-5,7-8,12,15H,3,6,9,11H2,1-2H3,(H,20,23)/t12-,15+/m0/s1. The molecule has 0 saturated carbocycles. The van der Waals surface area contributed by atoms with E-state index in [1.54, 1.807) is 29.9 Å². The summed E-state index contributed by atoms with van der Waals surface area (Å²) >= 11 is 0. The van der Waals surface area contributed by atoms with E-state index in [-0.39, 0.29) is 17.9 Å². The van der Waals surface area contributed by atoms with E-state index in [9.17, 15) is 4.79 Å². The van der Waals surface area contributed by atoms with E-state index in [4.69, 9.17) is 10.00 Å². The van der Waals surface area contributed by atoms with Crippen molar-refractivity contribution in [1.82, 2.24) is 19.4 Å². The third kappa shape index (κ3) is 2.93. The predicted octanol–water partition coefficient (Wildman–Crippen LogP) is 1.62. The molecule has 2 aromatic heterocycles. The molecule has 0 unspecified atom stereocenters. The van der Waals surface area contributed by atoms with Gasteiger partial charge < -0.3 is 19.2 Å². The van der Waals surface area contributed by atoms with Gasteiger partial charge in [0.2, 0.25) is 0 Å². The molecule has 24 heavy (non-hydrogen) atoms. The summed E-state index contributed by atoms with van der Waals surface area (Å²) in [6.07, 6.45) is 4.52. The van der Waals surface area contributed by atoms with Gasteiger partial charge >= 0.3 is 0 Å². The lowest BCUT2D eigenvalue weighted by atomic mass is 10.0. The van der Waals surface area contributed by atoms with Crippen molar-refractivity contribution in [3.05, 3.63) is 41.7 Å². The highest BCUT2D eigenvalue weighted by atomic mass is 16.5. The number of amides is 1. The summed E-state index contributed by atoms with van der Waals surface area (Å²) in [6.45, 7) is 4.10. The molecular weight excluding hydrogens is 306 g/mol. The van der Waals surface area contributed by atoms with Gasteiger partial charge in [-0.25, -0.2) is 4.98 Å². The van der Waals surface area contributed by atoms with Crippen LogP contribution in [0.5, 0.6) is 0 Å². The number of aryl methyl sites for hydroxylation is 1. The maximum atomic E-state index is 12.4. The first-order valence-corrected chi connectivity index (χ1v) is 8.12. The number of nitrogens with zero attached hydrogens (tertiary/aromatic N) is 4. The molecule has 3 rings (SSSR count). The summed E-state index contributed by atoms with van der Waals surface area (Å²) in [5.41, 5.74) is 0.948. The summed E-state index contributed by atoms with van der Waals surface area (Å²) < 4.78 is 9.52. The van der Waals surface area contributed by atoms with Gasteiger partial charge in [-0.3, -0.25) is 4.79 Å². The fourth-order valence-electron chi connectivity index (χ4n) is 3.14. The largest absolute Gasteiger partial charge is 0.370 e. The first-order chi connectivity index (χ1) is 11.7. The zero-order chi connectivity index (χ0) is 17.1. The molecule has 1 N–H and O–H groups in total. The molecule has 3 heterocycles. The smallest absolute Gasteiger partial charge is 0.267 e. The minimum atomic E-state index is -0.177. The molecule has 1 amide bonds. The third-order valence-electron chi connectivity index (χ3n) is 4.55. The number of nitriles is 1. The van der Waals surface area contributed by atoms with Gasteiger partial charge in [0, 0.05) is 45.1 Å². The lowest BCUT2D eigenvalue weighted by Gasteiger charge is -2.19. The van der Waals surface area contributed by atoms with Crippen molar-refractivity contribution in [2.75, 3.05) is 13.2 Å². The number of aromatic nitrogens is 3. The van der Waals surface area contributed by atoms with Crippen LogP contribution in [0.4, 0.5) is 0 Å². The maximum absolute atomic E-state index is 12.4. The Morgan fingerprint density at radius 3 is 3.08 bits per heavy atom. The zero-order valence-corrected chi connectivity index (χ0v) is 13.9. The van der Waals surface area contributed by atoms with Crippen LogP contribution in [0.15, 0.2) is 24.5 Å². The maximum Gasteiger partial charge on any atom is 0.267 e. The topological polar surface area (TPSA) is 84.9 Å². The second-order valence-electron chi connectivity index (χ2n) is 5.90. The van der Waals surface area contributed by atoms with E-state index in [0.717, 1.165) is 18.8 Å². The summed E-state index contributed by atoms with van der Waals surface area (Å²) in [5.74, 6) is 0.931. The molecule has 7 nitrogen and oxygen atoms in total. The Hall–Kier alpha value is -2.59. The van der Waals surface area contributed by atoms with Gasteiger partial charge in [-0.2, -0.15) is 5.26 Å². The van der Waals surface area contributed by atoms with Crippen LogP contribution >= 0.6 is 0 Å². The zero-order valence-electron chi connectivity index (χ0n) is 13.9. The highest BCUT2D eigenvalue weighted by Gasteiger charge is 2.33. The number of hydrogen-bond acceptors (Lipinski definition) is 4. The van der Waals surface area contributed by atoms with Crippen molar-refractivity contribution in [3.8, 4) is 6.07 Å². The van der Waals surface area contributed by atoms with Crippen LogP contribution in [-0.2, 0) is 18.3 Å². The van der Waals surface area contributed by atoms with Crippen molar-refractivity contribution in [3.63, 3.8) is 0 Å². The summed E-state index contributed by atoms with van der Waals surface area (Å²) in [4.78, 5) is 16.8. The van der Waals surface area contributed by atoms with Gasteiger partial charge in [0.25, 0.3) is 5.91 Å². The first-order valence-electron chi connectivity index (χ1n) is 8.12. The van der Waals surface area contributed by atoms with E-state index in [1.165, 1.54) is 0 Å². The van der Waals surface area contributed by atoms with Crippen LogP contribution in [0, 0.1) is 17.2 Å². The van der Waals surface area contributed by atoms with E-state index < -0.39 is 0 Å². The molecule has 1 saturated heterocycles. The first kappa shape index (κ1) is 16.3. The molecule has 2 atom stereocenters. The van der Waals surface area contributed by atoms with Gasteiger partial charge in [0.15, 0.2) is 0 Å². The van der Waals surface area contributed by atoms with E-state index >= 15 is 0 Å². The van der Waals surface area contributed by atoms with Crippen LogP contribution in [0.2, 0.25) is 0 Å². The van der Waals surface area contributed by atoms with Crippen LogP contribution < -0.4 is 5.32 Å². The molecule has 0 aromatic carbocycles. The van der Waals surface area contributed by atoms with Crippen LogP contribution in [0.3, 0.4) is 0 Å². The number of carbonyl (C=O) groups excluding carboxylic acids is 1. The Morgan fingerprint density at radius 1 is 1.54 bits per heavy atom. The highest BCUT2D eigenvalue weighted by Crippen LogP contribution is 2.33. The quantitative estimate of drug-likeness (QED) is 0.904. The van der Waals surface area contributed by atoms with Gasteiger partial charge in [0.1, 0.15) is 29.4 Å². The third-order valence-corrected chi connectivity index (χ3v) is 4.55. The van der Waals surface area contributed by atoms with Crippen LogP contribution in [-0.4, -0.2) is 33.2 Å². The van der Waals surface area contributed by atoms with Crippen molar-refractivity contribution >= 4 is 5.91 Å². The molecule has 2 aromatic rings. The Morgan fingerprint density at radius 2 is 2.38 bits per heavy atom. The second kappa shape index (κ2) is 6.89. The Labute approximate surface area is 140 Å². The SMILES string of the molecule is CCn1ccnc1[C@@H]1OCC[C@H]1CNC(=O)c1ccc(C#N)n1C. The highest BCUT2D eigenvalue weighted by molar-refractivity contribution is 5.93. The average molecular weight is 327 g/mol. The predicted molar refractivity (Wildman–Crippen MR) is 87.2 cm³/mol. The van der Waals surface area contributed by atoms with Gasteiger partial charge in [-0.15, -0.1) is 0 Å². The normalized spacial score (nSPS) is 20.0. The van der Waals surface area contributed by atoms with Crippen molar-refractivity contribution in [1.29, 1.82) is 5.26 Å². The van der Waals surface area contributed by atoms with Crippen molar-refractivity contribution < 1.29 is 9.53 Å².